The van der Waals surface area contributed by atoms with E-state index in [4.69, 9.17) is 10.5 Å². The number of nitrogens with two attached hydrogens (primary N) is 1. The molecule has 1 aliphatic heterocycles. The molecule has 0 saturated heterocycles. The van der Waals surface area contributed by atoms with Gasteiger partial charge in [-0.1, -0.05) is 18.2 Å². The Morgan fingerprint density at radius 2 is 2.00 bits per heavy atom. The fraction of sp³-hybridized carbons (Fsp3) is 0.562. The van der Waals surface area contributed by atoms with Crippen LogP contribution in [0.2, 0.25) is 0 Å². The maximum absolute atomic E-state index is 13.0. The molecule has 0 amide bonds. The first-order valence-corrected chi connectivity index (χ1v) is 7.56. The third-order valence-electron chi connectivity index (χ3n) is 4.46. The number of aliphatic imine (C=N–C) groups is 1. The molecular formula is C16H19F3N2O. The molecule has 3 rings (SSSR count). The van der Waals surface area contributed by atoms with E-state index >= 15 is 0 Å². The van der Waals surface area contributed by atoms with E-state index in [1.807, 2.05) is 0 Å². The Balaban J connectivity index is 1.75. The fourth-order valence-electron chi connectivity index (χ4n) is 3.28. The first-order chi connectivity index (χ1) is 10.5. The minimum atomic E-state index is -4.35. The Morgan fingerprint density at radius 3 is 2.73 bits per heavy atom. The van der Waals surface area contributed by atoms with Gasteiger partial charge >= 0.3 is 6.18 Å². The minimum Gasteiger partial charge on any atom is -0.475 e. The Hall–Kier alpha value is -1.56. The predicted molar refractivity (Wildman–Crippen MR) is 77.6 cm³/mol. The van der Waals surface area contributed by atoms with Crippen LogP contribution in [0.4, 0.5) is 13.2 Å². The van der Waals surface area contributed by atoms with Gasteiger partial charge in [0.05, 0.1) is 11.6 Å². The molecule has 120 valence electrons. The van der Waals surface area contributed by atoms with Gasteiger partial charge in [0, 0.05) is 6.42 Å². The monoisotopic (exact) mass is 312 g/mol. The van der Waals surface area contributed by atoms with Crippen LogP contribution in [-0.4, -0.2) is 24.6 Å². The molecular weight excluding hydrogens is 293 g/mol. The number of nitrogens with zero attached hydrogens (tertiary/aromatic N) is 1. The standard InChI is InChI=1S/C16H19F3N2O/c17-16(18,19)12-4-2-1-3-11(12)8-15-21-13-7-10(9-20)5-6-14(13)22-15/h1-4,10,13-14H,5-9,20H2. The first-order valence-electron chi connectivity index (χ1n) is 7.56. The van der Waals surface area contributed by atoms with Crippen LogP contribution in [0.25, 0.3) is 0 Å². The molecule has 1 aromatic rings. The molecule has 1 aromatic carbocycles. The molecule has 0 aromatic heterocycles. The van der Waals surface area contributed by atoms with E-state index in [0.29, 0.717) is 18.4 Å². The zero-order chi connectivity index (χ0) is 15.7. The van der Waals surface area contributed by atoms with Crippen molar-refractivity contribution >= 4 is 5.90 Å². The van der Waals surface area contributed by atoms with Gasteiger partial charge in [-0.2, -0.15) is 13.2 Å². The number of hydrogen-bond acceptors (Lipinski definition) is 3. The maximum Gasteiger partial charge on any atom is 0.416 e. The second-order valence-corrected chi connectivity index (χ2v) is 5.99. The van der Waals surface area contributed by atoms with Gasteiger partial charge in [0.2, 0.25) is 0 Å². The first kappa shape index (κ1) is 15.3. The molecule has 0 radical (unpaired) electrons. The largest absolute Gasteiger partial charge is 0.475 e. The summed E-state index contributed by atoms with van der Waals surface area (Å²) in [6.45, 7) is 0.630. The molecule has 3 unspecified atom stereocenters. The minimum absolute atomic E-state index is 0.0100. The smallest absolute Gasteiger partial charge is 0.416 e. The highest BCUT2D eigenvalue weighted by Gasteiger charge is 2.38. The lowest BCUT2D eigenvalue weighted by atomic mass is 9.84. The third-order valence-corrected chi connectivity index (χ3v) is 4.46. The average molecular weight is 312 g/mol. The van der Waals surface area contributed by atoms with E-state index in [9.17, 15) is 13.2 Å². The molecule has 22 heavy (non-hydrogen) atoms. The highest BCUT2D eigenvalue weighted by Crippen LogP contribution is 2.35. The number of benzene rings is 1. The Bertz CT molecular complexity index is 571. The predicted octanol–water partition coefficient (Wildman–Crippen LogP) is 3.17. The summed E-state index contributed by atoms with van der Waals surface area (Å²) in [5.74, 6) is 0.861. The molecule has 0 bridgehead atoms. The SMILES string of the molecule is NCC1CCC2OC(Cc3ccccc3C(F)(F)F)=NC2C1. The van der Waals surface area contributed by atoms with E-state index in [-0.39, 0.29) is 24.1 Å². The number of fused-ring (bicyclic) bond motifs is 1. The summed E-state index contributed by atoms with van der Waals surface area (Å²) in [7, 11) is 0. The van der Waals surface area contributed by atoms with E-state index in [1.54, 1.807) is 6.07 Å². The number of rotatable bonds is 3. The Morgan fingerprint density at radius 1 is 1.23 bits per heavy atom. The quantitative estimate of drug-likeness (QED) is 0.932. The second-order valence-electron chi connectivity index (χ2n) is 5.99. The van der Waals surface area contributed by atoms with Crippen molar-refractivity contribution in [3.63, 3.8) is 0 Å². The van der Waals surface area contributed by atoms with Crippen molar-refractivity contribution in [3.05, 3.63) is 35.4 Å². The van der Waals surface area contributed by atoms with Crippen LogP contribution in [0, 0.1) is 5.92 Å². The van der Waals surface area contributed by atoms with Crippen LogP contribution < -0.4 is 5.73 Å². The lowest BCUT2D eigenvalue weighted by Crippen LogP contribution is -2.33. The van der Waals surface area contributed by atoms with E-state index in [2.05, 4.69) is 4.99 Å². The zero-order valence-electron chi connectivity index (χ0n) is 12.1. The van der Waals surface area contributed by atoms with Gasteiger partial charge in [-0.15, -0.1) is 0 Å². The average Bonchev–Trinajstić information content (AvgIpc) is 2.87. The van der Waals surface area contributed by atoms with Crippen LogP contribution in [0.1, 0.15) is 30.4 Å². The summed E-state index contributed by atoms with van der Waals surface area (Å²) in [5.41, 5.74) is 5.29. The third kappa shape index (κ3) is 3.11. The Labute approximate surface area is 127 Å². The van der Waals surface area contributed by atoms with E-state index in [1.165, 1.54) is 12.1 Å². The van der Waals surface area contributed by atoms with Crippen LogP contribution in [-0.2, 0) is 17.3 Å². The summed E-state index contributed by atoms with van der Waals surface area (Å²) in [5, 5.41) is 0. The van der Waals surface area contributed by atoms with Crippen LogP contribution in [0.5, 0.6) is 0 Å². The molecule has 3 atom stereocenters. The molecule has 2 aliphatic rings. The van der Waals surface area contributed by atoms with E-state index in [0.717, 1.165) is 25.3 Å². The number of halogens is 3. The summed E-state index contributed by atoms with van der Waals surface area (Å²) in [6.07, 6.45) is -1.51. The molecule has 1 aliphatic carbocycles. The molecule has 6 heteroatoms. The molecule has 1 fully saturated rings. The highest BCUT2D eigenvalue weighted by molar-refractivity contribution is 5.81. The van der Waals surface area contributed by atoms with Gasteiger partial charge < -0.3 is 10.5 Å². The van der Waals surface area contributed by atoms with Gasteiger partial charge in [-0.05, 0) is 43.4 Å². The van der Waals surface area contributed by atoms with E-state index < -0.39 is 11.7 Å². The van der Waals surface area contributed by atoms with Crippen LogP contribution >= 0.6 is 0 Å². The number of ether oxygens (including phenoxy) is 1. The number of hydrogen-bond donors (Lipinski definition) is 1. The molecule has 1 saturated carbocycles. The molecule has 3 nitrogen and oxygen atoms in total. The Kier molecular flexibility index (Phi) is 4.12. The van der Waals surface area contributed by atoms with Gasteiger partial charge in [0.1, 0.15) is 6.10 Å². The van der Waals surface area contributed by atoms with Gasteiger partial charge in [-0.3, -0.25) is 0 Å². The van der Waals surface area contributed by atoms with Crippen LogP contribution in [0.3, 0.4) is 0 Å². The van der Waals surface area contributed by atoms with Crippen molar-refractivity contribution in [2.45, 2.75) is 44.0 Å². The second kappa shape index (κ2) is 5.91. The van der Waals surface area contributed by atoms with Crippen molar-refractivity contribution in [1.29, 1.82) is 0 Å². The van der Waals surface area contributed by atoms with Crippen molar-refractivity contribution in [3.8, 4) is 0 Å². The lowest BCUT2D eigenvalue weighted by molar-refractivity contribution is -0.138. The summed E-state index contributed by atoms with van der Waals surface area (Å²) < 4.78 is 44.8. The topological polar surface area (TPSA) is 47.6 Å². The van der Waals surface area contributed by atoms with Crippen LogP contribution in [0.15, 0.2) is 29.3 Å². The van der Waals surface area contributed by atoms with Crippen molar-refractivity contribution < 1.29 is 17.9 Å². The van der Waals surface area contributed by atoms with Crippen molar-refractivity contribution in [1.82, 2.24) is 0 Å². The van der Waals surface area contributed by atoms with Crippen molar-refractivity contribution in [2.24, 2.45) is 16.6 Å². The zero-order valence-corrected chi connectivity index (χ0v) is 12.1. The maximum atomic E-state index is 13.0. The summed E-state index contributed by atoms with van der Waals surface area (Å²) in [6, 6.07) is 5.64. The van der Waals surface area contributed by atoms with Gasteiger partial charge in [0.15, 0.2) is 5.90 Å². The lowest BCUT2D eigenvalue weighted by Gasteiger charge is -2.28. The summed E-state index contributed by atoms with van der Waals surface area (Å²) >= 11 is 0. The normalized spacial score (nSPS) is 28.0. The highest BCUT2D eigenvalue weighted by atomic mass is 19.4. The molecule has 1 heterocycles. The molecule has 2 N–H and O–H groups in total. The molecule has 0 spiro atoms. The fourth-order valence-corrected chi connectivity index (χ4v) is 3.28. The van der Waals surface area contributed by atoms with Gasteiger partial charge in [0.25, 0.3) is 0 Å². The van der Waals surface area contributed by atoms with Gasteiger partial charge in [-0.25, -0.2) is 4.99 Å². The van der Waals surface area contributed by atoms with Crippen molar-refractivity contribution in [2.75, 3.05) is 6.54 Å². The summed E-state index contributed by atoms with van der Waals surface area (Å²) in [4.78, 5) is 4.50. The number of alkyl halides is 3.